The van der Waals surface area contributed by atoms with Gasteiger partial charge in [0.05, 0.1) is 6.61 Å². The summed E-state index contributed by atoms with van der Waals surface area (Å²) in [7, 11) is 0. The van der Waals surface area contributed by atoms with E-state index in [1.807, 2.05) is 0 Å². The van der Waals surface area contributed by atoms with Crippen molar-refractivity contribution in [3.63, 3.8) is 0 Å². The number of carbonyl (C=O) groups excluding carboxylic acids is 2. The molecular formula is C66H118O5. The highest BCUT2D eigenvalue weighted by atomic mass is 16.6. The lowest BCUT2D eigenvalue weighted by molar-refractivity contribution is -0.161. The van der Waals surface area contributed by atoms with Crippen LogP contribution in [0.2, 0.25) is 0 Å². The van der Waals surface area contributed by atoms with Crippen molar-refractivity contribution in [1.29, 1.82) is 0 Å². The number of aliphatic hydroxyl groups is 1. The number of unbranched alkanes of at least 4 members (excludes halogenated alkanes) is 37. The van der Waals surface area contributed by atoms with Crippen LogP contribution >= 0.6 is 0 Å². The van der Waals surface area contributed by atoms with Gasteiger partial charge >= 0.3 is 11.9 Å². The van der Waals surface area contributed by atoms with Crippen LogP contribution in [0.1, 0.15) is 316 Å². The van der Waals surface area contributed by atoms with Crippen molar-refractivity contribution in [1.82, 2.24) is 0 Å². The largest absolute Gasteiger partial charge is 0.462 e. The van der Waals surface area contributed by atoms with Crippen LogP contribution in [0.25, 0.3) is 0 Å². The number of carbonyl (C=O) groups is 2. The van der Waals surface area contributed by atoms with Crippen LogP contribution in [0.3, 0.4) is 0 Å². The van der Waals surface area contributed by atoms with E-state index in [-0.39, 0.29) is 25.2 Å². The van der Waals surface area contributed by atoms with E-state index in [9.17, 15) is 14.7 Å². The Kier molecular flexibility index (Phi) is 59.3. The summed E-state index contributed by atoms with van der Waals surface area (Å²) < 4.78 is 10.7. The van der Waals surface area contributed by atoms with Crippen LogP contribution in [0.15, 0.2) is 72.9 Å². The van der Waals surface area contributed by atoms with Gasteiger partial charge in [0.25, 0.3) is 0 Å². The number of esters is 2. The molecule has 0 saturated heterocycles. The first kappa shape index (κ1) is 68.3. The fourth-order valence-corrected chi connectivity index (χ4v) is 9.15. The van der Waals surface area contributed by atoms with Gasteiger partial charge in [-0.2, -0.15) is 0 Å². The molecule has 0 bridgehead atoms. The molecule has 0 aromatic rings. The van der Waals surface area contributed by atoms with Crippen molar-refractivity contribution >= 4 is 11.9 Å². The maximum absolute atomic E-state index is 12.3. The van der Waals surface area contributed by atoms with E-state index in [0.717, 1.165) is 70.6 Å². The molecule has 0 amide bonds. The molecule has 412 valence electrons. The Labute approximate surface area is 442 Å². The number of hydrogen-bond donors (Lipinski definition) is 1. The Bertz CT molecular complexity index is 1260. The molecular weight excluding hydrogens is 873 g/mol. The minimum Gasteiger partial charge on any atom is -0.462 e. The molecule has 5 heteroatoms. The molecule has 0 aliphatic carbocycles. The van der Waals surface area contributed by atoms with Crippen molar-refractivity contribution < 1.29 is 24.2 Å². The molecule has 0 saturated carbocycles. The molecule has 71 heavy (non-hydrogen) atoms. The van der Waals surface area contributed by atoms with Crippen LogP contribution in [-0.4, -0.2) is 36.4 Å². The average Bonchev–Trinajstić information content (AvgIpc) is 3.37. The van der Waals surface area contributed by atoms with Gasteiger partial charge in [0.2, 0.25) is 0 Å². The standard InChI is InChI=1S/C66H118O5/c1-3-5-7-9-11-13-15-17-19-21-22-23-24-25-26-27-28-29-30-31-32-33-34-35-36-37-38-39-40-41-42-43-44-45-47-49-51-53-55-57-59-61-66(69)71-64(62-67)63-70-65(68)60-58-56-54-52-50-48-46-20-18-16-14-12-10-8-6-4-2/h5,7,11,13,17,19,22-23,25-26,28-29,64,67H,3-4,6,8-10,12,14-16,18,20-21,24,27,30-63H2,1-2H3/b7-5-,13-11-,19-17-,23-22-,26-25-,29-28-. The fourth-order valence-electron chi connectivity index (χ4n) is 9.15. The second-order valence-electron chi connectivity index (χ2n) is 20.8. The monoisotopic (exact) mass is 991 g/mol. The fraction of sp³-hybridized carbons (Fsp3) is 0.788. The lowest BCUT2D eigenvalue weighted by Gasteiger charge is -2.15. The van der Waals surface area contributed by atoms with Gasteiger partial charge in [-0.25, -0.2) is 0 Å². The summed E-state index contributed by atoms with van der Waals surface area (Å²) in [6.45, 7) is 4.06. The predicted molar refractivity (Wildman–Crippen MR) is 311 cm³/mol. The highest BCUT2D eigenvalue weighted by Gasteiger charge is 2.16. The molecule has 0 aromatic carbocycles. The van der Waals surface area contributed by atoms with Crippen LogP contribution in [-0.2, 0) is 19.1 Å². The van der Waals surface area contributed by atoms with E-state index in [1.54, 1.807) is 0 Å². The molecule has 1 atom stereocenters. The average molecular weight is 992 g/mol. The molecule has 5 nitrogen and oxygen atoms in total. The minimum atomic E-state index is -0.769. The van der Waals surface area contributed by atoms with E-state index in [4.69, 9.17) is 9.47 Å². The lowest BCUT2D eigenvalue weighted by atomic mass is 10.0. The molecule has 1 unspecified atom stereocenters. The third-order valence-electron chi connectivity index (χ3n) is 13.8. The summed E-state index contributed by atoms with van der Waals surface area (Å²) >= 11 is 0. The number of hydrogen-bond acceptors (Lipinski definition) is 5. The third kappa shape index (κ3) is 59.8. The number of ether oxygens (including phenoxy) is 2. The smallest absolute Gasteiger partial charge is 0.306 e. The van der Waals surface area contributed by atoms with Crippen molar-refractivity contribution in [2.24, 2.45) is 0 Å². The van der Waals surface area contributed by atoms with E-state index >= 15 is 0 Å². The summed E-state index contributed by atoms with van der Waals surface area (Å²) in [5, 5.41) is 9.65. The summed E-state index contributed by atoms with van der Waals surface area (Å²) in [5.74, 6) is -0.573. The van der Waals surface area contributed by atoms with Crippen LogP contribution in [0, 0.1) is 0 Å². The van der Waals surface area contributed by atoms with Crippen LogP contribution in [0.4, 0.5) is 0 Å². The Hall–Kier alpha value is -2.66. The minimum absolute atomic E-state index is 0.0605. The zero-order chi connectivity index (χ0) is 51.3. The summed E-state index contributed by atoms with van der Waals surface area (Å²) in [6.07, 6.45) is 84.8. The van der Waals surface area contributed by atoms with Gasteiger partial charge in [0, 0.05) is 12.8 Å². The van der Waals surface area contributed by atoms with Gasteiger partial charge in [-0.1, -0.05) is 311 Å². The predicted octanol–water partition coefficient (Wildman–Crippen LogP) is 21.1. The van der Waals surface area contributed by atoms with Crippen molar-refractivity contribution in [3.05, 3.63) is 72.9 Å². The van der Waals surface area contributed by atoms with Crippen molar-refractivity contribution in [2.75, 3.05) is 13.2 Å². The Morgan fingerprint density at radius 1 is 0.338 bits per heavy atom. The Morgan fingerprint density at radius 2 is 0.606 bits per heavy atom. The highest BCUT2D eigenvalue weighted by Crippen LogP contribution is 2.18. The van der Waals surface area contributed by atoms with Gasteiger partial charge in [-0.15, -0.1) is 0 Å². The van der Waals surface area contributed by atoms with Crippen molar-refractivity contribution in [3.8, 4) is 0 Å². The molecule has 0 radical (unpaired) electrons. The maximum atomic E-state index is 12.3. The third-order valence-corrected chi connectivity index (χ3v) is 13.8. The Morgan fingerprint density at radius 3 is 0.915 bits per heavy atom. The summed E-state index contributed by atoms with van der Waals surface area (Å²) in [5.41, 5.74) is 0. The second-order valence-corrected chi connectivity index (χ2v) is 20.8. The summed E-state index contributed by atoms with van der Waals surface area (Å²) in [4.78, 5) is 24.5. The molecule has 0 aliphatic rings. The van der Waals surface area contributed by atoms with Crippen LogP contribution in [0.5, 0.6) is 0 Å². The molecule has 1 N–H and O–H groups in total. The van der Waals surface area contributed by atoms with Gasteiger partial charge in [-0.05, 0) is 64.2 Å². The van der Waals surface area contributed by atoms with E-state index < -0.39 is 6.10 Å². The molecule has 0 aliphatic heterocycles. The van der Waals surface area contributed by atoms with Gasteiger partial charge < -0.3 is 14.6 Å². The second kappa shape index (κ2) is 61.6. The molecule has 0 spiro atoms. The molecule has 0 fully saturated rings. The Balaban J connectivity index is 3.41. The number of allylic oxidation sites excluding steroid dienone is 12. The normalized spacial score (nSPS) is 12.7. The first-order valence-corrected chi connectivity index (χ1v) is 31.0. The van der Waals surface area contributed by atoms with Gasteiger partial charge in [0.15, 0.2) is 6.10 Å². The zero-order valence-electron chi connectivity index (χ0n) is 47.2. The van der Waals surface area contributed by atoms with E-state index in [1.165, 1.54) is 218 Å². The first-order chi connectivity index (χ1) is 35.1. The SMILES string of the molecule is CC/C=C\C/C=C\C/C=C\C/C=C\C/C=C\C/C=C\CCCCCCCCCCCCCCCCCCCCCCCCC(=O)OC(CO)COC(=O)CCCCCCCCCCCCCCCCCC. The van der Waals surface area contributed by atoms with Crippen molar-refractivity contribution in [2.45, 2.75) is 322 Å². The van der Waals surface area contributed by atoms with Crippen LogP contribution < -0.4 is 0 Å². The first-order valence-electron chi connectivity index (χ1n) is 31.0. The maximum Gasteiger partial charge on any atom is 0.306 e. The van der Waals surface area contributed by atoms with Gasteiger partial charge in [0.1, 0.15) is 6.61 Å². The summed E-state index contributed by atoms with van der Waals surface area (Å²) in [6, 6.07) is 0. The zero-order valence-corrected chi connectivity index (χ0v) is 47.2. The van der Waals surface area contributed by atoms with E-state index in [0.29, 0.717) is 12.8 Å². The molecule has 0 aromatic heterocycles. The van der Waals surface area contributed by atoms with Gasteiger partial charge in [-0.3, -0.25) is 9.59 Å². The number of rotatable bonds is 57. The molecule has 0 rings (SSSR count). The quantitative estimate of drug-likeness (QED) is 0.0373. The topological polar surface area (TPSA) is 72.8 Å². The lowest BCUT2D eigenvalue weighted by Crippen LogP contribution is -2.28. The highest BCUT2D eigenvalue weighted by molar-refractivity contribution is 5.70. The van der Waals surface area contributed by atoms with E-state index in [2.05, 4.69) is 86.8 Å². The number of aliphatic hydroxyl groups excluding tert-OH is 1. The molecule has 0 heterocycles.